The maximum Gasteiger partial charge on any atom is 0.241 e. The number of halogens is 1. The molecule has 1 aromatic carbocycles. The second-order valence-electron chi connectivity index (χ2n) is 4.88. The van der Waals surface area contributed by atoms with E-state index in [1.54, 1.807) is 4.90 Å². The molecule has 1 aromatic rings. The molecule has 0 aliphatic carbocycles. The highest BCUT2D eigenvalue weighted by atomic mass is 35.5. The summed E-state index contributed by atoms with van der Waals surface area (Å²) in [5.74, 6) is 0.149. The lowest BCUT2D eigenvalue weighted by Crippen LogP contribution is -2.46. The summed E-state index contributed by atoms with van der Waals surface area (Å²) in [6.45, 7) is 8.49. The third-order valence-electron chi connectivity index (χ3n) is 3.29. The third kappa shape index (κ3) is 5.09. The van der Waals surface area contributed by atoms with E-state index in [9.17, 15) is 13.2 Å². The Balaban J connectivity index is 2.95. The molecule has 23 heavy (non-hydrogen) atoms. The van der Waals surface area contributed by atoms with Gasteiger partial charge in [-0.05, 0) is 45.9 Å². The molecule has 0 bridgehead atoms. The molecular weight excluding hydrogens is 340 g/mol. The van der Waals surface area contributed by atoms with E-state index in [-0.39, 0.29) is 15.8 Å². The van der Waals surface area contributed by atoms with Crippen molar-refractivity contribution in [1.82, 2.24) is 9.62 Å². The summed E-state index contributed by atoms with van der Waals surface area (Å²) in [5, 5.41) is 0.206. The molecule has 130 valence electrons. The molecule has 0 heterocycles. The van der Waals surface area contributed by atoms with Gasteiger partial charge >= 0.3 is 0 Å². The molecule has 0 saturated heterocycles. The maximum absolute atomic E-state index is 12.4. The van der Waals surface area contributed by atoms with Crippen LogP contribution >= 0.6 is 11.6 Å². The number of carbonyl (C=O) groups excluding carboxylic acids is 1. The summed E-state index contributed by atoms with van der Waals surface area (Å²) in [6.07, 6.45) is 0. The lowest BCUT2D eigenvalue weighted by Gasteiger charge is -2.23. The van der Waals surface area contributed by atoms with Crippen LogP contribution < -0.4 is 9.46 Å². The Morgan fingerprint density at radius 3 is 2.39 bits per heavy atom. The van der Waals surface area contributed by atoms with Crippen molar-refractivity contribution < 1.29 is 17.9 Å². The maximum atomic E-state index is 12.4. The molecule has 1 atom stereocenters. The first-order chi connectivity index (χ1) is 10.8. The average Bonchev–Trinajstić information content (AvgIpc) is 2.50. The van der Waals surface area contributed by atoms with Gasteiger partial charge in [-0.25, -0.2) is 8.42 Å². The van der Waals surface area contributed by atoms with Crippen LogP contribution in [0.3, 0.4) is 0 Å². The average molecular weight is 363 g/mol. The summed E-state index contributed by atoms with van der Waals surface area (Å²) in [7, 11) is -3.85. The molecule has 1 amide bonds. The lowest BCUT2D eigenvalue weighted by atomic mass is 10.3. The zero-order chi connectivity index (χ0) is 17.6. The van der Waals surface area contributed by atoms with Crippen molar-refractivity contribution in [2.75, 3.05) is 19.7 Å². The number of ether oxygens (including phenoxy) is 1. The van der Waals surface area contributed by atoms with Crippen LogP contribution in [0.25, 0.3) is 0 Å². The second-order valence-corrected chi connectivity index (χ2v) is 7.00. The van der Waals surface area contributed by atoms with Crippen molar-refractivity contribution in [3.63, 3.8) is 0 Å². The number of nitrogens with zero attached hydrogens (tertiary/aromatic N) is 1. The summed E-state index contributed by atoms with van der Waals surface area (Å²) < 4.78 is 32.4. The van der Waals surface area contributed by atoms with Gasteiger partial charge in [0.2, 0.25) is 15.9 Å². The molecule has 1 N–H and O–H groups in total. The summed E-state index contributed by atoms with van der Waals surface area (Å²) in [6, 6.07) is 3.35. The van der Waals surface area contributed by atoms with Crippen molar-refractivity contribution in [2.24, 2.45) is 0 Å². The van der Waals surface area contributed by atoms with Gasteiger partial charge in [0.05, 0.1) is 22.6 Å². The summed E-state index contributed by atoms with van der Waals surface area (Å²) >= 11 is 6.02. The molecular formula is C15H23ClN2O4S. The van der Waals surface area contributed by atoms with Gasteiger partial charge in [0, 0.05) is 13.1 Å². The highest BCUT2D eigenvalue weighted by molar-refractivity contribution is 7.89. The molecule has 0 unspecified atom stereocenters. The summed E-state index contributed by atoms with van der Waals surface area (Å²) in [4.78, 5) is 13.7. The first-order valence-corrected chi connectivity index (χ1v) is 9.36. The van der Waals surface area contributed by atoms with Crippen molar-refractivity contribution in [3.05, 3.63) is 23.2 Å². The number of amides is 1. The number of carbonyl (C=O) groups is 1. The normalized spacial score (nSPS) is 12.7. The monoisotopic (exact) mass is 362 g/mol. The van der Waals surface area contributed by atoms with Crippen molar-refractivity contribution in [1.29, 1.82) is 0 Å². The van der Waals surface area contributed by atoms with Crippen molar-refractivity contribution in [3.8, 4) is 5.75 Å². The van der Waals surface area contributed by atoms with Gasteiger partial charge in [-0.15, -0.1) is 0 Å². The van der Waals surface area contributed by atoms with E-state index in [1.165, 1.54) is 25.1 Å². The highest BCUT2D eigenvalue weighted by Crippen LogP contribution is 2.27. The van der Waals surface area contributed by atoms with E-state index < -0.39 is 16.1 Å². The van der Waals surface area contributed by atoms with Gasteiger partial charge < -0.3 is 9.64 Å². The molecule has 0 radical (unpaired) electrons. The van der Waals surface area contributed by atoms with E-state index in [0.29, 0.717) is 25.4 Å². The number of rotatable bonds is 8. The van der Waals surface area contributed by atoms with Crippen LogP contribution in [0.2, 0.25) is 5.02 Å². The van der Waals surface area contributed by atoms with Gasteiger partial charge in [0.15, 0.2) is 0 Å². The number of sulfonamides is 1. The molecule has 0 saturated carbocycles. The summed E-state index contributed by atoms with van der Waals surface area (Å²) in [5.41, 5.74) is 0. The van der Waals surface area contributed by atoms with Gasteiger partial charge in [0.1, 0.15) is 5.75 Å². The van der Waals surface area contributed by atoms with E-state index in [4.69, 9.17) is 16.3 Å². The molecule has 0 aliphatic rings. The number of likely N-dealkylation sites (N-methyl/N-ethyl adjacent to an activating group) is 1. The minimum atomic E-state index is -3.85. The fraction of sp³-hybridized carbons (Fsp3) is 0.533. The predicted molar refractivity (Wildman–Crippen MR) is 90.3 cm³/mol. The van der Waals surface area contributed by atoms with E-state index in [0.717, 1.165) is 0 Å². The fourth-order valence-corrected chi connectivity index (χ4v) is 3.60. The van der Waals surface area contributed by atoms with E-state index in [1.807, 2.05) is 20.8 Å². The number of hydrogen-bond donors (Lipinski definition) is 1. The van der Waals surface area contributed by atoms with Crippen LogP contribution in [0.15, 0.2) is 23.1 Å². The zero-order valence-corrected chi connectivity index (χ0v) is 15.4. The fourth-order valence-electron chi connectivity index (χ4n) is 2.08. The Labute approximate surface area is 142 Å². The Morgan fingerprint density at radius 2 is 1.91 bits per heavy atom. The van der Waals surface area contributed by atoms with Crippen LogP contribution in [0.1, 0.15) is 27.7 Å². The van der Waals surface area contributed by atoms with Gasteiger partial charge in [-0.1, -0.05) is 11.6 Å². The third-order valence-corrected chi connectivity index (χ3v) is 5.12. The minimum Gasteiger partial charge on any atom is -0.492 e. The van der Waals surface area contributed by atoms with Crippen LogP contribution in [0.4, 0.5) is 0 Å². The van der Waals surface area contributed by atoms with Gasteiger partial charge in [-0.3, -0.25) is 4.79 Å². The number of benzene rings is 1. The van der Waals surface area contributed by atoms with Crippen LogP contribution in [0, 0.1) is 0 Å². The number of nitrogens with one attached hydrogen (secondary N) is 1. The van der Waals surface area contributed by atoms with Crippen LogP contribution in [0.5, 0.6) is 5.75 Å². The van der Waals surface area contributed by atoms with Crippen molar-refractivity contribution in [2.45, 2.75) is 38.6 Å². The molecule has 1 rings (SSSR count). The smallest absolute Gasteiger partial charge is 0.241 e. The quantitative estimate of drug-likeness (QED) is 0.769. The van der Waals surface area contributed by atoms with Crippen molar-refractivity contribution >= 4 is 27.5 Å². The Hall–Kier alpha value is -1.31. The van der Waals surface area contributed by atoms with Gasteiger partial charge in [-0.2, -0.15) is 4.72 Å². The molecule has 0 aromatic heterocycles. The molecule has 0 fully saturated rings. The predicted octanol–water partition coefficient (Wildman–Crippen LogP) is 2.27. The number of hydrogen-bond acceptors (Lipinski definition) is 4. The van der Waals surface area contributed by atoms with Crippen LogP contribution in [-0.2, 0) is 14.8 Å². The van der Waals surface area contributed by atoms with Crippen LogP contribution in [-0.4, -0.2) is 45.0 Å². The largest absolute Gasteiger partial charge is 0.492 e. The topological polar surface area (TPSA) is 75.7 Å². The standard InChI is InChI=1S/C15H23ClN2O4S/c1-5-18(6-2)15(19)11(4)17-23(20,21)12-8-9-14(22-7-3)13(16)10-12/h8-11,17H,5-7H2,1-4H3/t11-/m1/s1. The molecule has 0 spiro atoms. The minimum absolute atomic E-state index is 0.00912. The second kappa shape index (κ2) is 8.52. The van der Waals surface area contributed by atoms with E-state index >= 15 is 0 Å². The first kappa shape index (κ1) is 19.7. The zero-order valence-electron chi connectivity index (χ0n) is 13.8. The highest BCUT2D eigenvalue weighted by Gasteiger charge is 2.25. The Bertz CT molecular complexity index is 645. The SMILES string of the molecule is CCOc1ccc(S(=O)(=O)N[C@H](C)C(=O)N(CC)CC)cc1Cl. The molecule has 0 aliphatic heterocycles. The first-order valence-electron chi connectivity index (χ1n) is 7.50. The molecule has 8 heteroatoms. The molecule has 6 nitrogen and oxygen atoms in total. The Kier molecular flexibility index (Phi) is 7.31. The van der Waals surface area contributed by atoms with Gasteiger partial charge in [0.25, 0.3) is 0 Å². The Morgan fingerprint density at radius 1 is 1.30 bits per heavy atom. The van der Waals surface area contributed by atoms with E-state index in [2.05, 4.69) is 4.72 Å². The lowest BCUT2D eigenvalue weighted by molar-refractivity contribution is -0.132.